The van der Waals surface area contributed by atoms with E-state index in [1.165, 1.54) is 27.3 Å². The second-order valence-corrected chi connectivity index (χ2v) is 8.18. The maximum Gasteiger partial charge on any atom is 0.416 e. The molecule has 0 unspecified atom stereocenters. The van der Waals surface area contributed by atoms with Crippen LogP contribution < -0.4 is 11.1 Å². The molecule has 34 heavy (non-hydrogen) atoms. The van der Waals surface area contributed by atoms with Gasteiger partial charge in [0.2, 0.25) is 5.78 Å². The molecule has 0 radical (unpaired) electrons. The van der Waals surface area contributed by atoms with Crippen molar-refractivity contribution >= 4 is 28.3 Å². The molecule has 2 aromatic heterocycles. The summed E-state index contributed by atoms with van der Waals surface area (Å²) in [6.45, 7) is 0. The Morgan fingerprint density at radius 2 is 1.53 bits per heavy atom. The molecular formula is C25H15ClF3N3O2. The van der Waals surface area contributed by atoms with E-state index >= 15 is 0 Å². The van der Waals surface area contributed by atoms with Crippen LogP contribution in [0.1, 0.15) is 16.7 Å². The summed E-state index contributed by atoms with van der Waals surface area (Å²) in [5, 5.41) is 0.847. The van der Waals surface area contributed by atoms with Gasteiger partial charge in [-0.15, -0.1) is 0 Å². The molecule has 5 aromatic rings. The highest BCUT2D eigenvalue weighted by atomic mass is 35.5. The zero-order chi connectivity index (χ0) is 24.0. The first-order chi connectivity index (χ1) is 16.2. The van der Waals surface area contributed by atoms with Crippen LogP contribution in [0.25, 0.3) is 22.4 Å². The number of hydrogen-bond donors (Lipinski definition) is 0. The topological polar surface area (TPSA) is 56.4 Å². The fourth-order valence-electron chi connectivity index (χ4n) is 3.83. The Morgan fingerprint density at radius 3 is 2.21 bits per heavy atom. The average molecular weight is 482 g/mol. The van der Waals surface area contributed by atoms with E-state index in [0.717, 1.165) is 12.1 Å². The normalized spacial score (nSPS) is 11.9. The van der Waals surface area contributed by atoms with Gasteiger partial charge in [-0.3, -0.25) is 14.0 Å². The van der Waals surface area contributed by atoms with Gasteiger partial charge < -0.3 is 0 Å². The quantitative estimate of drug-likeness (QED) is 0.330. The van der Waals surface area contributed by atoms with E-state index in [9.17, 15) is 22.8 Å². The van der Waals surface area contributed by atoms with Crippen molar-refractivity contribution in [3.63, 3.8) is 0 Å². The summed E-state index contributed by atoms with van der Waals surface area (Å²) >= 11 is 6.01. The highest BCUT2D eigenvalue weighted by molar-refractivity contribution is 6.30. The molecule has 0 saturated carbocycles. The minimum Gasteiger partial charge on any atom is -0.268 e. The van der Waals surface area contributed by atoms with Crippen LogP contribution in [-0.4, -0.2) is 14.0 Å². The molecule has 0 aliphatic heterocycles. The lowest BCUT2D eigenvalue weighted by molar-refractivity contribution is -0.137. The van der Waals surface area contributed by atoms with Crippen LogP contribution in [0.2, 0.25) is 5.02 Å². The lowest BCUT2D eigenvalue weighted by Crippen LogP contribution is -2.30. The third-order valence-electron chi connectivity index (χ3n) is 5.51. The number of nitrogens with zero attached hydrogens (tertiary/aromatic N) is 3. The van der Waals surface area contributed by atoms with E-state index in [1.807, 2.05) is 0 Å². The van der Waals surface area contributed by atoms with Crippen molar-refractivity contribution in [2.24, 2.45) is 0 Å². The van der Waals surface area contributed by atoms with Crippen LogP contribution in [0, 0.1) is 0 Å². The number of fused-ring (bicyclic) bond motifs is 2. The standard InChI is InChI=1S/C25H15ClF3N3O2/c26-18-9-11-19(12-10-18)32-22(33)16(13-15-5-7-17(8-6-15)25(27,28)29)14-31-23(34)20-3-1-2-4-21(20)30-24(31)32/h1-12,14H,13H2. The first kappa shape index (κ1) is 21.9. The number of aromatic nitrogens is 3. The van der Waals surface area contributed by atoms with Gasteiger partial charge in [0.15, 0.2) is 0 Å². The summed E-state index contributed by atoms with van der Waals surface area (Å²) in [6.07, 6.45) is -3.02. The van der Waals surface area contributed by atoms with Gasteiger partial charge in [0, 0.05) is 23.2 Å². The van der Waals surface area contributed by atoms with Gasteiger partial charge in [0.05, 0.1) is 22.2 Å². The van der Waals surface area contributed by atoms with Crippen molar-refractivity contribution in [1.82, 2.24) is 14.0 Å². The lowest BCUT2D eigenvalue weighted by Gasteiger charge is -2.14. The first-order valence-electron chi connectivity index (χ1n) is 10.2. The molecule has 0 atom stereocenters. The van der Waals surface area contributed by atoms with Crippen molar-refractivity contribution < 1.29 is 13.2 Å². The summed E-state index contributed by atoms with van der Waals surface area (Å²) < 4.78 is 41.4. The SMILES string of the molecule is O=c1c(Cc2ccc(C(F)(F)F)cc2)cn2c(=O)c3ccccc3nc2n1-c1ccc(Cl)cc1. The highest BCUT2D eigenvalue weighted by Gasteiger charge is 2.30. The fraction of sp³-hybridized carbons (Fsp3) is 0.0800. The predicted molar refractivity (Wildman–Crippen MR) is 124 cm³/mol. The number of benzene rings is 3. The summed E-state index contributed by atoms with van der Waals surface area (Å²) in [5.74, 6) is 0.118. The largest absolute Gasteiger partial charge is 0.416 e. The monoisotopic (exact) mass is 481 g/mol. The summed E-state index contributed by atoms with van der Waals surface area (Å²) in [6, 6.07) is 17.9. The number of hydrogen-bond acceptors (Lipinski definition) is 3. The van der Waals surface area contributed by atoms with Gasteiger partial charge in [-0.25, -0.2) is 9.55 Å². The molecule has 2 heterocycles. The van der Waals surface area contributed by atoms with Gasteiger partial charge in [0.25, 0.3) is 11.1 Å². The van der Waals surface area contributed by atoms with Crippen molar-refractivity contribution in [2.75, 3.05) is 0 Å². The van der Waals surface area contributed by atoms with Crippen molar-refractivity contribution in [1.29, 1.82) is 0 Å². The molecule has 0 aliphatic carbocycles. The molecule has 0 fully saturated rings. The van der Waals surface area contributed by atoms with Crippen molar-refractivity contribution in [3.05, 3.63) is 121 Å². The number of para-hydroxylation sites is 1. The Bertz CT molecular complexity index is 1660. The van der Waals surface area contributed by atoms with Crippen molar-refractivity contribution in [2.45, 2.75) is 12.6 Å². The van der Waals surface area contributed by atoms with Gasteiger partial charge >= 0.3 is 6.18 Å². The maximum atomic E-state index is 13.5. The van der Waals surface area contributed by atoms with E-state index in [1.54, 1.807) is 48.5 Å². The van der Waals surface area contributed by atoms with Crippen LogP contribution in [0.3, 0.4) is 0 Å². The van der Waals surface area contributed by atoms with Crippen LogP contribution >= 0.6 is 11.6 Å². The Morgan fingerprint density at radius 1 is 0.853 bits per heavy atom. The zero-order valence-corrected chi connectivity index (χ0v) is 18.1. The molecule has 0 bridgehead atoms. The van der Waals surface area contributed by atoms with E-state index in [4.69, 9.17) is 11.6 Å². The second kappa shape index (κ2) is 8.14. The van der Waals surface area contributed by atoms with E-state index in [2.05, 4.69) is 4.98 Å². The molecule has 0 spiro atoms. The van der Waals surface area contributed by atoms with E-state index in [-0.39, 0.29) is 23.3 Å². The highest BCUT2D eigenvalue weighted by Crippen LogP contribution is 2.29. The molecule has 3 aromatic carbocycles. The second-order valence-electron chi connectivity index (χ2n) is 7.75. The predicted octanol–water partition coefficient (Wildman–Crippen LogP) is 5.26. The molecular weight excluding hydrogens is 467 g/mol. The summed E-state index contributed by atoms with van der Waals surface area (Å²) in [7, 11) is 0. The Hall–Kier alpha value is -3.91. The number of halogens is 4. The molecule has 0 aliphatic rings. The first-order valence-corrected chi connectivity index (χ1v) is 10.6. The summed E-state index contributed by atoms with van der Waals surface area (Å²) in [5.41, 5.74) is 0.0188. The minimum atomic E-state index is -4.46. The van der Waals surface area contributed by atoms with Gasteiger partial charge in [0.1, 0.15) is 0 Å². The maximum absolute atomic E-state index is 13.5. The van der Waals surface area contributed by atoms with Gasteiger partial charge in [-0.2, -0.15) is 13.2 Å². The molecule has 0 amide bonds. The third kappa shape index (κ3) is 3.86. The summed E-state index contributed by atoms with van der Waals surface area (Å²) in [4.78, 5) is 31.4. The Labute approximate surface area is 195 Å². The zero-order valence-electron chi connectivity index (χ0n) is 17.4. The lowest BCUT2D eigenvalue weighted by atomic mass is 10.1. The van der Waals surface area contributed by atoms with E-state index < -0.39 is 17.3 Å². The fourth-order valence-corrected chi connectivity index (χ4v) is 3.96. The molecule has 170 valence electrons. The molecule has 5 nitrogen and oxygen atoms in total. The van der Waals surface area contributed by atoms with E-state index in [0.29, 0.717) is 27.2 Å². The smallest absolute Gasteiger partial charge is 0.268 e. The molecule has 0 saturated heterocycles. The average Bonchev–Trinajstić information content (AvgIpc) is 2.81. The van der Waals surface area contributed by atoms with Crippen molar-refractivity contribution in [3.8, 4) is 5.69 Å². The van der Waals surface area contributed by atoms with Crippen LogP contribution in [0.4, 0.5) is 13.2 Å². The third-order valence-corrected chi connectivity index (χ3v) is 5.76. The van der Waals surface area contributed by atoms with Crippen LogP contribution in [0.5, 0.6) is 0 Å². The Balaban J connectivity index is 1.76. The number of rotatable bonds is 3. The van der Waals surface area contributed by atoms with Gasteiger partial charge in [-0.05, 0) is 54.1 Å². The van der Waals surface area contributed by atoms with Gasteiger partial charge in [-0.1, -0.05) is 35.9 Å². The number of alkyl halides is 3. The Kier molecular flexibility index (Phi) is 5.25. The van der Waals surface area contributed by atoms with Crippen LogP contribution in [-0.2, 0) is 12.6 Å². The molecule has 9 heteroatoms. The van der Waals surface area contributed by atoms with Crippen LogP contribution in [0.15, 0.2) is 88.6 Å². The molecule has 0 N–H and O–H groups in total. The molecule has 5 rings (SSSR count). The minimum absolute atomic E-state index is 0.0275.